The van der Waals surface area contributed by atoms with Crippen molar-refractivity contribution in [1.82, 2.24) is 10.2 Å². The van der Waals surface area contributed by atoms with E-state index in [1.807, 2.05) is 21.9 Å². The van der Waals surface area contributed by atoms with Crippen molar-refractivity contribution < 1.29 is 9.59 Å². The third-order valence-electron chi connectivity index (χ3n) is 6.67. The monoisotopic (exact) mass is 391 g/mol. The molecule has 0 spiro atoms. The summed E-state index contributed by atoms with van der Waals surface area (Å²) in [6.45, 7) is 8.50. The molecule has 3 aliphatic rings. The smallest absolute Gasteiger partial charge is 0.228 e. The molecule has 1 aromatic rings. The van der Waals surface area contributed by atoms with Gasteiger partial charge in [-0.15, -0.1) is 12.4 Å². The summed E-state index contributed by atoms with van der Waals surface area (Å²) in [5.41, 5.74) is 3.27. The average Bonchev–Trinajstić information content (AvgIpc) is 3.18. The van der Waals surface area contributed by atoms with Crippen LogP contribution in [-0.4, -0.2) is 49.4 Å². The molecule has 2 amide bonds. The number of likely N-dealkylation sites (tertiary alicyclic amines) is 1. The van der Waals surface area contributed by atoms with Crippen LogP contribution in [0, 0.1) is 31.6 Å². The van der Waals surface area contributed by atoms with Crippen molar-refractivity contribution in [1.29, 1.82) is 0 Å². The highest BCUT2D eigenvalue weighted by Gasteiger charge is 2.39. The van der Waals surface area contributed by atoms with E-state index in [0.717, 1.165) is 50.3 Å². The second-order valence-corrected chi connectivity index (χ2v) is 8.21. The third-order valence-corrected chi connectivity index (χ3v) is 6.67. The number of carbonyl (C=O) groups is 2. The van der Waals surface area contributed by atoms with Gasteiger partial charge in [-0.1, -0.05) is 12.1 Å². The van der Waals surface area contributed by atoms with E-state index in [9.17, 15) is 9.59 Å². The van der Waals surface area contributed by atoms with Crippen LogP contribution < -0.4 is 10.2 Å². The van der Waals surface area contributed by atoms with Gasteiger partial charge in [0.1, 0.15) is 0 Å². The lowest BCUT2D eigenvalue weighted by molar-refractivity contribution is -0.135. The van der Waals surface area contributed by atoms with Crippen LogP contribution in [-0.2, 0) is 9.59 Å². The van der Waals surface area contributed by atoms with Crippen LogP contribution in [0.2, 0.25) is 0 Å². The van der Waals surface area contributed by atoms with Gasteiger partial charge in [-0.3, -0.25) is 9.59 Å². The van der Waals surface area contributed by atoms with Gasteiger partial charge in [0.2, 0.25) is 11.8 Å². The minimum absolute atomic E-state index is 0. The maximum atomic E-state index is 13.1. The van der Waals surface area contributed by atoms with Crippen molar-refractivity contribution >= 4 is 29.9 Å². The zero-order valence-electron chi connectivity index (χ0n) is 16.2. The Morgan fingerprint density at radius 1 is 1.11 bits per heavy atom. The molecular formula is C21H30ClN3O2. The fourth-order valence-corrected chi connectivity index (χ4v) is 4.83. The Hall–Kier alpha value is -1.59. The Balaban J connectivity index is 0.00000210. The molecule has 3 fully saturated rings. The Labute approximate surface area is 167 Å². The molecule has 3 heterocycles. The van der Waals surface area contributed by atoms with E-state index in [2.05, 4.69) is 25.2 Å². The number of halogens is 1. The largest absolute Gasteiger partial charge is 0.342 e. The number of rotatable bonds is 2. The van der Waals surface area contributed by atoms with Gasteiger partial charge >= 0.3 is 0 Å². The first-order valence-electron chi connectivity index (χ1n) is 9.90. The van der Waals surface area contributed by atoms with Crippen molar-refractivity contribution in [2.75, 3.05) is 37.6 Å². The number of anilines is 1. The molecule has 0 aromatic heterocycles. The summed E-state index contributed by atoms with van der Waals surface area (Å²) < 4.78 is 0. The highest BCUT2D eigenvalue weighted by Crippen LogP contribution is 2.32. The lowest BCUT2D eigenvalue weighted by Gasteiger charge is -2.25. The predicted octanol–water partition coefficient (Wildman–Crippen LogP) is 2.54. The second-order valence-electron chi connectivity index (χ2n) is 8.21. The number of amides is 2. The second kappa shape index (κ2) is 8.19. The summed E-state index contributed by atoms with van der Waals surface area (Å²) >= 11 is 0. The minimum atomic E-state index is -0.196. The van der Waals surface area contributed by atoms with E-state index >= 15 is 0 Å². The van der Waals surface area contributed by atoms with Crippen LogP contribution in [0.3, 0.4) is 0 Å². The fourth-order valence-electron chi connectivity index (χ4n) is 4.83. The zero-order chi connectivity index (χ0) is 18.3. The van der Waals surface area contributed by atoms with Gasteiger partial charge in [-0.25, -0.2) is 0 Å². The van der Waals surface area contributed by atoms with Crippen LogP contribution in [0.5, 0.6) is 0 Å². The third kappa shape index (κ3) is 3.85. The Kier molecular flexibility index (Phi) is 6.11. The molecule has 3 atom stereocenters. The van der Waals surface area contributed by atoms with Crippen molar-refractivity contribution in [3.63, 3.8) is 0 Å². The topological polar surface area (TPSA) is 52.7 Å². The standard InChI is InChI=1S/C21H29N3O2.ClH/c1-14-4-3-5-19(15(14)2)24-13-18(10-20(24)25)21(26)23-8-6-16-11-22-12-17(16)7-9-23;/h3-5,16-18,22H,6-13H2,1-2H3;1H/t16-,17+,18?;. The van der Waals surface area contributed by atoms with Gasteiger partial charge in [0.05, 0.1) is 5.92 Å². The van der Waals surface area contributed by atoms with Crippen LogP contribution in [0.25, 0.3) is 0 Å². The summed E-state index contributed by atoms with van der Waals surface area (Å²) in [6.07, 6.45) is 2.52. The number of hydrogen-bond donors (Lipinski definition) is 1. The molecule has 4 rings (SSSR count). The number of nitrogens with one attached hydrogen (secondary N) is 1. The molecule has 0 aliphatic carbocycles. The number of benzene rings is 1. The Morgan fingerprint density at radius 3 is 2.44 bits per heavy atom. The summed E-state index contributed by atoms with van der Waals surface area (Å²) in [5, 5.41) is 3.48. The minimum Gasteiger partial charge on any atom is -0.342 e. The molecule has 3 aliphatic heterocycles. The normalized spacial score (nSPS) is 27.9. The Morgan fingerprint density at radius 2 is 1.78 bits per heavy atom. The number of fused-ring (bicyclic) bond motifs is 1. The van der Waals surface area contributed by atoms with Gasteiger partial charge in [0.25, 0.3) is 0 Å². The van der Waals surface area contributed by atoms with E-state index in [0.29, 0.717) is 24.8 Å². The number of aryl methyl sites for hydroxylation is 1. The summed E-state index contributed by atoms with van der Waals surface area (Å²) in [6, 6.07) is 6.04. The highest BCUT2D eigenvalue weighted by molar-refractivity contribution is 6.00. The lowest BCUT2D eigenvalue weighted by atomic mass is 9.92. The van der Waals surface area contributed by atoms with Crippen molar-refractivity contribution in [2.24, 2.45) is 17.8 Å². The fraction of sp³-hybridized carbons (Fsp3) is 0.619. The Bertz CT molecular complexity index is 709. The summed E-state index contributed by atoms with van der Waals surface area (Å²) in [7, 11) is 0. The van der Waals surface area contributed by atoms with E-state index in [1.54, 1.807) is 0 Å². The molecule has 0 bridgehead atoms. The van der Waals surface area contributed by atoms with Crippen LogP contribution in [0.1, 0.15) is 30.4 Å². The predicted molar refractivity (Wildman–Crippen MR) is 109 cm³/mol. The van der Waals surface area contributed by atoms with Crippen LogP contribution in [0.4, 0.5) is 5.69 Å². The average molecular weight is 392 g/mol. The lowest BCUT2D eigenvalue weighted by Crippen LogP contribution is -2.38. The first kappa shape index (κ1) is 20.2. The summed E-state index contributed by atoms with van der Waals surface area (Å²) in [5.74, 6) is 1.49. The van der Waals surface area contributed by atoms with Gasteiger partial charge in [-0.2, -0.15) is 0 Å². The van der Waals surface area contributed by atoms with Gasteiger partial charge in [0, 0.05) is 31.7 Å². The molecule has 0 saturated carbocycles. The number of hydrogen-bond acceptors (Lipinski definition) is 3. The maximum Gasteiger partial charge on any atom is 0.228 e. The van der Waals surface area contributed by atoms with Crippen LogP contribution in [0.15, 0.2) is 18.2 Å². The first-order valence-corrected chi connectivity index (χ1v) is 9.90. The SMILES string of the molecule is Cc1cccc(N2CC(C(=O)N3CC[C@@H]4CNC[C@@H]4CC3)CC2=O)c1C.Cl. The van der Waals surface area contributed by atoms with Crippen molar-refractivity contribution in [3.8, 4) is 0 Å². The zero-order valence-corrected chi connectivity index (χ0v) is 17.1. The van der Waals surface area contributed by atoms with Gasteiger partial charge in [-0.05, 0) is 68.8 Å². The molecule has 1 unspecified atom stereocenters. The number of carbonyl (C=O) groups excluding carboxylic acids is 2. The summed E-state index contributed by atoms with van der Waals surface area (Å²) in [4.78, 5) is 29.5. The van der Waals surface area contributed by atoms with E-state index in [1.165, 1.54) is 5.56 Å². The van der Waals surface area contributed by atoms with Crippen molar-refractivity contribution in [2.45, 2.75) is 33.1 Å². The molecule has 27 heavy (non-hydrogen) atoms. The van der Waals surface area contributed by atoms with Gasteiger partial charge in [0.15, 0.2) is 0 Å². The molecular weight excluding hydrogens is 362 g/mol. The molecule has 148 valence electrons. The quantitative estimate of drug-likeness (QED) is 0.842. The first-order chi connectivity index (χ1) is 12.5. The maximum absolute atomic E-state index is 13.1. The molecule has 6 heteroatoms. The highest BCUT2D eigenvalue weighted by atomic mass is 35.5. The van der Waals surface area contributed by atoms with E-state index < -0.39 is 0 Å². The molecule has 5 nitrogen and oxygen atoms in total. The van der Waals surface area contributed by atoms with E-state index in [4.69, 9.17) is 0 Å². The van der Waals surface area contributed by atoms with Crippen molar-refractivity contribution in [3.05, 3.63) is 29.3 Å². The molecule has 1 N–H and O–H groups in total. The van der Waals surface area contributed by atoms with E-state index in [-0.39, 0.29) is 30.1 Å². The van der Waals surface area contributed by atoms with Crippen LogP contribution >= 0.6 is 12.4 Å². The van der Waals surface area contributed by atoms with Gasteiger partial charge < -0.3 is 15.1 Å². The number of nitrogens with zero attached hydrogens (tertiary/aromatic N) is 2. The molecule has 3 saturated heterocycles. The molecule has 0 radical (unpaired) electrons. The molecule has 1 aromatic carbocycles.